The van der Waals surface area contributed by atoms with Crippen molar-refractivity contribution in [2.45, 2.75) is 6.54 Å². The SMILES string of the molecule is [N-]=[N+]=NCc1nc(-c2cccc(Cl)c2)no1. The predicted octanol–water partition coefficient (Wildman–Crippen LogP) is 3.20. The maximum absolute atomic E-state index is 8.14. The largest absolute Gasteiger partial charge is 0.339 e. The van der Waals surface area contributed by atoms with Crippen molar-refractivity contribution in [1.82, 2.24) is 10.1 Å². The first-order valence-corrected chi connectivity index (χ1v) is 4.77. The van der Waals surface area contributed by atoms with Crippen LogP contribution in [0.25, 0.3) is 21.8 Å². The second kappa shape index (κ2) is 4.65. The topological polar surface area (TPSA) is 87.7 Å². The molecule has 0 saturated carbocycles. The predicted molar refractivity (Wildman–Crippen MR) is 57.6 cm³/mol. The van der Waals surface area contributed by atoms with Crippen molar-refractivity contribution in [1.29, 1.82) is 0 Å². The Labute approximate surface area is 95.5 Å². The van der Waals surface area contributed by atoms with Gasteiger partial charge in [-0.1, -0.05) is 34.0 Å². The van der Waals surface area contributed by atoms with Crippen molar-refractivity contribution in [3.63, 3.8) is 0 Å². The first kappa shape index (κ1) is 10.5. The first-order chi connectivity index (χ1) is 7.79. The zero-order valence-corrected chi connectivity index (χ0v) is 8.79. The molecule has 16 heavy (non-hydrogen) atoms. The summed E-state index contributed by atoms with van der Waals surface area (Å²) < 4.78 is 4.89. The molecule has 0 N–H and O–H groups in total. The molecule has 0 unspecified atom stereocenters. The summed E-state index contributed by atoms with van der Waals surface area (Å²) in [7, 11) is 0. The van der Waals surface area contributed by atoms with Gasteiger partial charge in [0.1, 0.15) is 6.54 Å². The number of nitrogens with zero attached hydrogens (tertiary/aromatic N) is 5. The second-order valence-corrected chi connectivity index (χ2v) is 3.35. The third-order valence-corrected chi connectivity index (χ3v) is 2.06. The zero-order valence-electron chi connectivity index (χ0n) is 8.04. The monoisotopic (exact) mass is 235 g/mol. The van der Waals surface area contributed by atoms with Crippen LogP contribution in [0.3, 0.4) is 0 Å². The quantitative estimate of drug-likeness (QED) is 0.465. The number of benzene rings is 1. The van der Waals surface area contributed by atoms with E-state index in [1.165, 1.54) is 0 Å². The Kier molecular flexibility index (Phi) is 3.05. The van der Waals surface area contributed by atoms with Gasteiger partial charge in [-0.2, -0.15) is 4.98 Å². The molecule has 2 rings (SSSR count). The van der Waals surface area contributed by atoms with Crippen molar-refractivity contribution < 1.29 is 4.52 Å². The lowest BCUT2D eigenvalue weighted by molar-refractivity contribution is 0.380. The van der Waals surface area contributed by atoms with Crippen LogP contribution in [0.1, 0.15) is 5.89 Å². The van der Waals surface area contributed by atoms with E-state index in [0.717, 1.165) is 5.56 Å². The van der Waals surface area contributed by atoms with Crippen molar-refractivity contribution >= 4 is 11.6 Å². The van der Waals surface area contributed by atoms with Gasteiger partial charge in [0.2, 0.25) is 11.7 Å². The third-order valence-electron chi connectivity index (χ3n) is 1.82. The molecule has 0 atom stereocenters. The van der Waals surface area contributed by atoms with E-state index in [1.54, 1.807) is 18.2 Å². The van der Waals surface area contributed by atoms with Crippen molar-refractivity contribution in [2.24, 2.45) is 5.11 Å². The molecule has 0 bridgehead atoms. The van der Waals surface area contributed by atoms with Crippen LogP contribution in [-0.4, -0.2) is 10.1 Å². The van der Waals surface area contributed by atoms with Crippen LogP contribution in [0.2, 0.25) is 5.02 Å². The lowest BCUT2D eigenvalue weighted by atomic mass is 10.2. The molecule has 0 aliphatic carbocycles. The minimum Gasteiger partial charge on any atom is -0.339 e. The summed E-state index contributed by atoms with van der Waals surface area (Å²) in [5.74, 6) is 0.693. The number of halogens is 1. The van der Waals surface area contributed by atoms with Crippen molar-refractivity contribution in [3.05, 3.63) is 45.6 Å². The van der Waals surface area contributed by atoms with Gasteiger partial charge in [-0.15, -0.1) is 0 Å². The molecule has 0 aliphatic rings. The number of hydrogen-bond acceptors (Lipinski definition) is 4. The fourth-order valence-corrected chi connectivity index (χ4v) is 1.35. The summed E-state index contributed by atoms with van der Waals surface area (Å²) in [6, 6.07) is 7.09. The molecule has 2 aromatic rings. The molecule has 6 nitrogen and oxygen atoms in total. The Hall–Kier alpha value is -2.04. The Balaban J connectivity index is 2.27. The van der Waals surface area contributed by atoms with E-state index in [4.69, 9.17) is 21.7 Å². The zero-order chi connectivity index (χ0) is 11.4. The Morgan fingerprint density at radius 2 is 2.38 bits per heavy atom. The van der Waals surface area contributed by atoms with Gasteiger partial charge in [0.25, 0.3) is 0 Å². The third kappa shape index (κ3) is 2.31. The maximum atomic E-state index is 8.14. The molecule has 0 fully saturated rings. The summed E-state index contributed by atoms with van der Waals surface area (Å²) in [4.78, 5) is 6.66. The Bertz CT molecular complexity index is 546. The first-order valence-electron chi connectivity index (χ1n) is 4.39. The van der Waals surface area contributed by atoms with Gasteiger partial charge < -0.3 is 4.52 Å². The molecule has 0 amide bonds. The van der Waals surface area contributed by atoms with Gasteiger partial charge in [-0.25, -0.2) is 0 Å². The second-order valence-electron chi connectivity index (χ2n) is 2.91. The molecule has 1 heterocycles. The smallest absolute Gasteiger partial charge is 0.232 e. The lowest BCUT2D eigenvalue weighted by Gasteiger charge is -1.93. The number of aromatic nitrogens is 2. The molecule has 0 saturated heterocycles. The summed E-state index contributed by atoms with van der Waals surface area (Å²) in [6.45, 7) is 0.0457. The Morgan fingerprint density at radius 3 is 3.12 bits per heavy atom. The van der Waals surface area contributed by atoms with E-state index >= 15 is 0 Å². The van der Waals surface area contributed by atoms with E-state index in [1.807, 2.05) is 6.07 Å². The van der Waals surface area contributed by atoms with E-state index in [-0.39, 0.29) is 12.4 Å². The lowest BCUT2D eigenvalue weighted by Crippen LogP contribution is -1.82. The fourth-order valence-electron chi connectivity index (χ4n) is 1.16. The van der Waals surface area contributed by atoms with Gasteiger partial charge in [0.15, 0.2) is 0 Å². The Morgan fingerprint density at radius 1 is 1.50 bits per heavy atom. The highest BCUT2D eigenvalue weighted by Gasteiger charge is 2.07. The van der Waals surface area contributed by atoms with Crippen LogP contribution >= 0.6 is 11.6 Å². The molecular formula is C9H6ClN5O. The number of hydrogen-bond donors (Lipinski definition) is 0. The molecule has 1 aromatic carbocycles. The van der Waals surface area contributed by atoms with Gasteiger partial charge in [-0.3, -0.25) is 0 Å². The number of rotatable bonds is 3. The van der Waals surface area contributed by atoms with E-state index in [9.17, 15) is 0 Å². The highest BCUT2D eigenvalue weighted by atomic mass is 35.5. The van der Waals surface area contributed by atoms with Gasteiger partial charge >= 0.3 is 0 Å². The maximum Gasteiger partial charge on any atom is 0.232 e. The van der Waals surface area contributed by atoms with E-state index < -0.39 is 0 Å². The van der Waals surface area contributed by atoms with E-state index in [0.29, 0.717) is 10.8 Å². The van der Waals surface area contributed by atoms with Gasteiger partial charge in [-0.05, 0) is 17.7 Å². The summed E-state index contributed by atoms with van der Waals surface area (Å²) in [5.41, 5.74) is 8.89. The average Bonchev–Trinajstić information content (AvgIpc) is 2.75. The summed E-state index contributed by atoms with van der Waals surface area (Å²) >= 11 is 5.83. The van der Waals surface area contributed by atoms with Crippen LogP contribution in [-0.2, 0) is 6.54 Å². The van der Waals surface area contributed by atoms with Gasteiger partial charge in [0, 0.05) is 15.5 Å². The van der Waals surface area contributed by atoms with Crippen molar-refractivity contribution in [3.8, 4) is 11.4 Å². The number of azide groups is 1. The highest BCUT2D eigenvalue weighted by molar-refractivity contribution is 6.30. The minimum absolute atomic E-state index is 0.0457. The van der Waals surface area contributed by atoms with Crippen LogP contribution in [0.4, 0.5) is 0 Å². The van der Waals surface area contributed by atoms with Gasteiger partial charge in [0.05, 0.1) is 0 Å². The normalized spacial score (nSPS) is 9.81. The fraction of sp³-hybridized carbons (Fsp3) is 0.111. The molecule has 0 aliphatic heterocycles. The standard InChI is InChI=1S/C9H6ClN5O/c10-7-3-1-2-6(4-7)9-13-8(16-14-9)5-12-15-11/h1-4H,5H2. The van der Waals surface area contributed by atoms with Crippen LogP contribution < -0.4 is 0 Å². The highest BCUT2D eigenvalue weighted by Crippen LogP contribution is 2.19. The van der Waals surface area contributed by atoms with Crippen LogP contribution in [0.15, 0.2) is 33.9 Å². The van der Waals surface area contributed by atoms with Crippen molar-refractivity contribution in [2.75, 3.05) is 0 Å². The molecule has 1 aromatic heterocycles. The molecule has 80 valence electrons. The molecular weight excluding hydrogens is 230 g/mol. The molecule has 0 spiro atoms. The summed E-state index contributed by atoms with van der Waals surface area (Å²) in [6.07, 6.45) is 0. The van der Waals surface area contributed by atoms with Crippen LogP contribution in [0.5, 0.6) is 0 Å². The van der Waals surface area contributed by atoms with E-state index in [2.05, 4.69) is 20.2 Å². The average molecular weight is 236 g/mol. The minimum atomic E-state index is 0.0457. The molecule has 0 radical (unpaired) electrons. The van der Waals surface area contributed by atoms with Crippen LogP contribution in [0, 0.1) is 0 Å². The summed E-state index contributed by atoms with van der Waals surface area (Å²) in [5, 5.41) is 7.67. The molecule has 7 heteroatoms.